The van der Waals surface area contributed by atoms with Crippen molar-refractivity contribution >= 4 is 23.2 Å². The van der Waals surface area contributed by atoms with Gasteiger partial charge in [-0.15, -0.1) is 0 Å². The van der Waals surface area contributed by atoms with Crippen LogP contribution < -0.4 is 16.0 Å². The summed E-state index contributed by atoms with van der Waals surface area (Å²) < 4.78 is 4.83. The first kappa shape index (κ1) is 16.6. The van der Waals surface area contributed by atoms with E-state index in [9.17, 15) is 14.9 Å². The van der Waals surface area contributed by atoms with Gasteiger partial charge < -0.3 is 20.7 Å². The van der Waals surface area contributed by atoms with E-state index >= 15 is 0 Å². The molecule has 1 aromatic rings. The summed E-state index contributed by atoms with van der Waals surface area (Å²) in [6.07, 6.45) is 0. The first-order valence-electron chi connectivity index (χ1n) is 6.35. The van der Waals surface area contributed by atoms with Crippen LogP contribution >= 0.6 is 0 Å². The number of rotatable bonds is 8. The van der Waals surface area contributed by atoms with E-state index in [-0.39, 0.29) is 17.4 Å². The largest absolute Gasteiger partial charge is 0.383 e. The Morgan fingerprint density at radius 1 is 1.48 bits per heavy atom. The Morgan fingerprint density at radius 2 is 2.14 bits per heavy atom. The first-order chi connectivity index (χ1) is 9.97. The van der Waals surface area contributed by atoms with Gasteiger partial charge in [-0.2, -0.15) is 0 Å². The normalized spacial score (nSPS) is 11.6. The molecule has 0 bridgehead atoms. The number of methoxy groups -OCH3 is 1. The summed E-state index contributed by atoms with van der Waals surface area (Å²) in [7, 11) is 3.15. The van der Waals surface area contributed by atoms with Gasteiger partial charge in [0, 0.05) is 20.7 Å². The number of aromatic nitrogens is 1. The molecule has 0 saturated heterocycles. The predicted molar refractivity (Wildman–Crippen MR) is 78.4 cm³/mol. The van der Waals surface area contributed by atoms with Crippen molar-refractivity contribution in [1.82, 2.24) is 10.3 Å². The molecule has 116 valence electrons. The molecular weight excluding hydrogens is 278 g/mol. The predicted octanol–water partition coefficient (Wildman–Crippen LogP) is 0.594. The lowest BCUT2D eigenvalue weighted by Gasteiger charge is -2.15. The van der Waals surface area contributed by atoms with E-state index in [4.69, 9.17) is 4.74 Å². The summed E-state index contributed by atoms with van der Waals surface area (Å²) in [6, 6.07) is 2.01. The zero-order valence-electron chi connectivity index (χ0n) is 12.2. The van der Waals surface area contributed by atoms with E-state index in [1.807, 2.05) is 0 Å². The molecule has 0 aromatic carbocycles. The third-order valence-corrected chi connectivity index (χ3v) is 2.64. The molecule has 0 saturated carbocycles. The van der Waals surface area contributed by atoms with Crippen molar-refractivity contribution in [2.24, 2.45) is 0 Å². The van der Waals surface area contributed by atoms with E-state index in [2.05, 4.69) is 20.9 Å². The number of nitro groups is 1. The summed E-state index contributed by atoms with van der Waals surface area (Å²) in [4.78, 5) is 26.2. The van der Waals surface area contributed by atoms with Gasteiger partial charge in [-0.25, -0.2) is 4.98 Å². The average molecular weight is 297 g/mol. The van der Waals surface area contributed by atoms with Gasteiger partial charge >= 0.3 is 0 Å². The summed E-state index contributed by atoms with van der Waals surface area (Å²) in [5.74, 6) is 0.355. The Hall–Kier alpha value is -2.42. The molecule has 1 heterocycles. The topological polar surface area (TPSA) is 118 Å². The maximum atomic E-state index is 11.8. The van der Waals surface area contributed by atoms with Crippen LogP contribution in [0, 0.1) is 10.1 Å². The molecule has 1 atom stereocenters. The molecule has 1 aromatic heterocycles. The van der Waals surface area contributed by atoms with Crippen molar-refractivity contribution in [2.75, 3.05) is 37.9 Å². The van der Waals surface area contributed by atoms with Gasteiger partial charge in [0.05, 0.1) is 23.7 Å². The average Bonchev–Trinajstić information content (AvgIpc) is 2.46. The third kappa shape index (κ3) is 5.22. The summed E-state index contributed by atoms with van der Waals surface area (Å²) >= 11 is 0. The Kier molecular flexibility index (Phi) is 6.34. The van der Waals surface area contributed by atoms with Crippen molar-refractivity contribution in [1.29, 1.82) is 0 Å². The van der Waals surface area contributed by atoms with Gasteiger partial charge in [0.1, 0.15) is 17.7 Å². The van der Waals surface area contributed by atoms with Gasteiger partial charge in [0.15, 0.2) is 0 Å². The SMILES string of the molecule is CNc1cc([N+](=O)[O-])cc(NC(C)C(=O)NCCOC)n1. The van der Waals surface area contributed by atoms with E-state index in [0.717, 1.165) is 0 Å². The second-order valence-electron chi connectivity index (χ2n) is 4.25. The van der Waals surface area contributed by atoms with Gasteiger partial charge in [0.2, 0.25) is 5.91 Å². The van der Waals surface area contributed by atoms with Crippen LogP contribution in [0.2, 0.25) is 0 Å². The molecule has 0 spiro atoms. The molecule has 1 rings (SSSR count). The van der Waals surface area contributed by atoms with Crippen LogP contribution in [0.1, 0.15) is 6.92 Å². The van der Waals surface area contributed by atoms with Crippen LogP contribution in [0.3, 0.4) is 0 Å². The quantitative estimate of drug-likeness (QED) is 0.365. The Balaban J connectivity index is 2.74. The van der Waals surface area contributed by atoms with Crippen molar-refractivity contribution < 1.29 is 14.5 Å². The number of hydrogen-bond acceptors (Lipinski definition) is 7. The van der Waals surface area contributed by atoms with Gasteiger partial charge in [-0.05, 0) is 6.92 Å². The van der Waals surface area contributed by atoms with Gasteiger partial charge in [-0.1, -0.05) is 0 Å². The number of anilines is 2. The summed E-state index contributed by atoms with van der Waals surface area (Å²) in [6.45, 7) is 2.45. The van der Waals surface area contributed by atoms with Crippen LogP contribution in [-0.2, 0) is 9.53 Å². The standard InChI is InChI=1S/C12H19N5O4/c1-8(12(18)14-4-5-21-3)15-11-7-9(17(19)20)6-10(13-2)16-11/h6-8H,4-5H2,1-3H3,(H,14,18)(H2,13,15,16). The molecule has 9 nitrogen and oxygen atoms in total. The zero-order valence-corrected chi connectivity index (χ0v) is 12.2. The highest BCUT2D eigenvalue weighted by Crippen LogP contribution is 2.20. The van der Waals surface area contributed by atoms with Crippen molar-refractivity contribution in [2.45, 2.75) is 13.0 Å². The summed E-state index contributed by atoms with van der Waals surface area (Å²) in [5, 5.41) is 19.1. The summed E-state index contributed by atoms with van der Waals surface area (Å²) in [5.41, 5.74) is -0.108. The number of carbonyl (C=O) groups is 1. The van der Waals surface area contributed by atoms with E-state index in [1.54, 1.807) is 21.1 Å². The maximum absolute atomic E-state index is 11.8. The van der Waals surface area contributed by atoms with Crippen LogP contribution in [0.25, 0.3) is 0 Å². The number of nitrogens with zero attached hydrogens (tertiary/aromatic N) is 2. The minimum Gasteiger partial charge on any atom is -0.383 e. The second-order valence-corrected chi connectivity index (χ2v) is 4.25. The van der Waals surface area contributed by atoms with E-state index < -0.39 is 11.0 Å². The fourth-order valence-corrected chi connectivity index (χ4v) is 1.54. The molecule has 21 heavy (non-hydrogen) atoms. The van der Waals surface area contributed by atoms with Crippen LogP contribution in [0.15, 0.2) is 12.1 Å². The fraction of sp³-hybridized carbons (Fsp3) is 0.500. The van der Waals surface area contributed by atoms with Crippen LogP contribution in [-0.4, -0.2) is 49.2 Å². The number of hydrogen-bond donors (Lipinski definition) is 3. The maximum Gasteiger partial charge on any atom is 0.276 e. The second kappa shape index (κ2) is 8.00. The third-order valence-electron chi connectivity index (χ3n) is 2.64. The molecule has 0 aliphatic carbocycles. The number of amides is 1. The van der Waals surface area contributed by atoms with Gasteiger partial charge in [-0.3, -0.25) is 14.9 Å². The fourth-order valence-electron chi connectivity index (χ4n) is 1.54. The highest BCUT2D eigenvalue weighted by molar-refractivity contribution is 5.84. The molecule has 1 amide bonds. The molecule has 0 aliphatic rings. The van der Waals surface area contributed by atoms with E-state index in [0.29, 0.717) is 19.0 Å². The minimum atomic E-state index is -0.582. The van der Waals surface area contributed by atoms with Gasteiger partial charge in [0.25, 0.3) is 5.69 Å². The highest BCUT2D eigenvalue weighted by Gasteiger charge is 2.16. The number of nitrogens with one attached hydrogen (secondary N) is 3. The monoisotopic (exact) mass is 297 g/mol. The highest BCUT2D eigenvalue weighted by atomic mass is 16.6. The Labute approximate surface area is 122 Å². The van der Waals surface area contributed by atoms with E-state index in [1.165, 1.54) is 12.1 Å². The van der Waals surface area contributed by atoms with Crippen molar-refractivity contribution in [3.05, 3.63) is 22.2 Å². The zero-order chi connectivity index (χ0) is 15.8. The molecule has 0 aliphatic heterocycles. The smallest absolute Gasteiger partial charge is 0.276 e. The lowest BCUT2D eigenvalue weighted by molar-refractivity contribution is -0.384. The number of carbonyl (C=O) groups excluding carboxylic acids is 1. The lowest BCUT2D eigenvalue weighted by atomic mass is 10.3. The van der Waals surface area contributed by atoms with Crippen LogP contribution in [0.5, 0.6) is 0 Å². The Bertz CT molecular complexity index is 508. The van der Waals surface area contributed by atoms with Crippen molar-refractivity contribution in [3.8, 4) is 0 Å². The van der Waals surface area contributed by atoms with Crippen molar-refractivity contribution in [3.63, 3.8) is 0 Å². The molecular formula is C12H19N5O4. The molecule has 0 fully saturated rings. The lowest BCUT2D eigenvalue weighted by Crippen LogP contribution is -2.39. The molecule has 1 unspecified atom stereocenters. The number of pyridine rings is 1. The minimum absolute atomic E-state index is 0.108. The Morgan fingerprint density at radius 3 is 2.71 bits per heavy atom. The first-order valence-corrected chi connectivity index (χ1v) is 6.35. The number of ether oxygens (including phenoxy) is 1. The molecule has 9 heteroatoms. The molecule has 0 radical (unpaired) electrons. The van der Waals surface area contributed by atoms with Crippen LogP contribution in [0.4, 0.5) is 17.3 Å². The molecule has 3 N–H and O–H groups in total.